The van der Waals surface area contributed by atoms with Gasteiger partial charge in [0.2, 0.25) is 0 Å². The molecule has 1 atom stereocenters. The van der Waals surface area contributed by atoms with Crippen LogP contribution in [0.25, 0.3) is 0 Å². The molecule has 0 aromatic carbocycles. The molecule has 1 unspecified atom stereocenters. The van der Waals surface area contributed by atoms with Crippen molar-refractivity contribution in [3.63, 3.8) is 0 Å². The van der Waals surface area contributed by atoms with Crippen LogP contribution in [0, 0.1) is 11.8 Å². The van der Waals surface area contributed by atoms with Crippen molar-refractivity contribution in [1.82, 2.24) is 14.6 Å². The van der Waals surface area contributed by atoms with E-state index in [1.165, 1.54) is 0 Å². The third-order valence-corrected chi connectivity index (χ3v) is 5.89. The van der Waals surface area contributed by atoms with Crippen LogP contribution in [0.4, 0.5) is 0 Å². The number of rotatable bonds is 6. The summed E-state index contributed by atoms with van der Waals surface area (Å²) in [5, 5.41) is 3.36. The van der Waals surface area contributed by atoms with Crippen LogP contribution < -0.4 is 5.32 Å². The van der Waals surface area contributed by atoms with Crippen molar-refractivity contribution in [3.8, 4) is 0 Å². The predicted molar refractivity (Wildman–Crippen MR) is 83.3 cm³/mol. The number of hydrogen-bond donors (Lipinski definition) is 1. The molecule has 1 N–H and O–H groups in total. The third kappa shape index (κ3) is 3.81. The van der Waals surface area contributed by atoms with Gasteiger partial charge < -0.3 is 5.32 Å². The van der Waals surface area contributed by atoms with Gasteiger partial charge in [-0.25, -0.2) is 13.4 Å². The molecule has 1 saturated heterocycles. The van der Waals surface area contributed by atoms with E-state index in [0.29, 0.717) is 31.5 Å². The van der Waals surface area contributed by atoms with Gasteiger partial charge >= 0.3 is 0 Å². The Labute approximate surface area is 127 Å². The van der Waals surface area contributed by atoms with Gasteiger partial charge in [0.1, 0.15) is 0 Å². The van der Waals surface area contributed by atoms with Gasteiger partial charge in [0.15, 0.2) is 5.03 Å². The number of nitrogens with zero attached hydrogens (tertiary/aromatic N) is 2. The molecular formula is C15H25N3O2S. The van der Waals surface area contributed by atoms with Crippen molar-refractivity contribution < 1.29 is 8.42 Å². The van der Waals surface area contributed by atoms with Gasteiger partial charge in [-0.3, -0.25) is 0 Å². The molecule has 1 aromatic heterocycles. The van der Waals surface area contributed by atoms with Crippen molar-refractivity contribution in [1.29, 1.82) is 0 Å². The maximum atomic E-state index is 12.6. The zero-order valence-electron chi connectivity index (χ0n) is 13.0. The highest BCUT2D eigenvalue weighted by Crippen LogP contribution is 2.27. The van der Waals surface area contributed by atoms with E-state index in [1.807, 2.05) is 13.0 Å². The smallest absolute Gasteiger partial charge is 0.260 e. The maximum absolute atomic E-state index is 12.6. The van der Waals surface area contributed by atoms with Crippen molar-refractivity contribution in [3.05, 3.63) is 23.9 Å². The Morgan fingerprint density at radius 2 is 2.19 bits per heavy atom. The van der Waals surface area contributed by atoms with E-state index in [1.54, 1.807) is 16.6 Å². The summed E-state index contributed by atoms with van der Waals surface area (Å²) < 4.78 is 26.7. The molecule has 2 heterocycles. The van der Waals surface area contributed by atoms with Crippen molar-refractivity contribution in [2.45, 2.75) is 38.8 Å². The molecule has 5 nitrogen and oxygen atoms in total. The molecule has 0 bridgehead atoms. The summed E-state index contributed by atoms with van der Waals surface area (Å²) in [7, 11) is -3.44. The minimum Gasteiger partial charge on any atom is -0.313 e. The molecule has 1 fully saturated rings. The van der Waals surface area contributed by atoms with E-state index in [-0.39, 0.29) is 5.03 Å². The lowest BCUT2D eigenvalue weighted by atomic mass is 9.96. The van der Waals surface area contributed by atoms with Gasteiger partial charge in [-0.05, 0) is 36.4 Å². The predicted octanol–water partition coefficient (Wildman–Crippen LogP) is 1.86. The van der Waals surface area contributed by atoms with E-state index < -0.39 is 10.0 Å². The SMILES string of the molecule is CCNCc1ccc(S(=O)(=O)N2CCC(C(C)C)C2)nc1. The molecule has 0 saturated carbocycles. The fourth-order valence-corrected chi connectivity index (χ4v) is 4.01. The highest BCUT2D eigenvalue weighted by molar-refractivity contribution is 7.89. The number of nitrogens with one attached hydrogen (secondary N) is 1. The number of aromatic nitrogens is 1. The Kier molecular flexibility index (Phi) is 5.35. The highest BCUT2D eigenvalue weighted by Gasteiger charge is 2.34. The normalized spacial score (nSPS) is 20.3. The molecule has 1 aromatic rings. The van der Waals surface area contributed by atoms with Crippen LogP contribution in [0.2, 0.25) is 0 Å². The largest absolute Gasteiger partial charge is 0.313 e. The lowest BCUT2D eigenvalue weighted by Gasteiger charge is -2.17. The van der Waals surface area contributed by atoms with Crippen LogP contribution in [0.3, 0.4) is 0 Å². The summed E-state index contributed by atoms with van der Waals surface area (Å²) >= 11 is 0. The van der Waals surface area contributed by atoms with Crippen LogP contribution in [0.1, 0.15) is 32.8 Å². The third-order valence-electron chi connectivity index (χ3n) is 4.11. The zero-order valence-corrected chi connectivity index (χ0v) is 13.9. The second-order valence-electron chi connectivity index (χ2n) is 5.94. The number of hydrogen-bond acceptors (Lipinski definition) is 4. The highest BCUT2D eigenvalue weighted by atomic mass is 32.2. The first-order chi connectivity index (χ1) is 9.95. The molecule has 0 amide bonds. The van der Waals surface area contributed by atoms with Gasteiger partial charge in [-0.2, -0.15) is 4.31 Å². The molecule has 0 radical (unpaired) electrons. The monoisotopic (exact) mass is 311 g/mol. The fraction of sp³-hybridized carbons (Fsp3) is 0.667. The van der Waals surface area contributed by atoms with Gasteiger partial charge in [-0.15, -0.1) is 0 Å². The van der Waals surface area contributed by atoms with E-state index in [2.05, 4.69) is 24.1 Å². The quantitative estimate of drug-likeness (QED) is 0.871. The summed E-state index contributed by atoms with van der Waals surface area (Å²) in [5.41, 5.74) is 0.997. The molecule has 0 spiro atoms. The second kappa shape index (κ2) is 6.85. The summed E-state index contributed by atoms with van der Waals surface area (Å²) in [5.74, 6) is 0.966. The molecule has 6 heteroatoms. The van der Waals surface area contributed by atoms with Crippen LogP contribution in [0.15, 0.2) is 23.4 Å². The topological polar surface area (TPSA) is 62.3 Å². The average Bonchev–Trinajstić information content (AvgIpc) is 2.96. The first-order valence-corrected chi connectivity index (χ1v) is 9.05. The minimum atomic E-state index is -3.44. The average molecular weight is 311 g/mol. The molecule has 118 valence electrons. The lowest BCUT2D eigenvalue weighted by molar-refractivity contribution is 0.388. The molecule has 2 rings (SSSR count). The summed E-state index contributed by atoms with van der Waals surface area (Å²) in [6.45, 7) is 9.13. The molecule has 0 aliphatic carbocycles. The lowest BCUT2D eigenvalue weighted by Crippen LogP contribution is -2.30. The Morgan fingerprint density at radius 1 is 1.43 bits per heavy atom. The second-order valence-corrected chi connectivity index (χ2v) is 7.83. The Bertz CT molecular complexity index is 555. The fourth-order valence-electron chi connectivity index (χ4n) is 2.59. The zero-order chi connectivity index (χ0) is 15.5. The van der Waals surface area contributed by atoms with E-state index in [4.69, 9.17) is 0 Å². The molecule has 1 aliphatic heterocycles. The van der Waals surface area contributed by atoms with Gasteiger partial charge in [0.05, 0.1) is 0 Å². The first kappa shape index (κ1) is 16.4. The van der Waals surface area contributed by atoms with Crippen molar-refractivity contribution in [2.24, 2.45) is 11.8 Å². The Balaban J connectivity index is 2.09. The first-order valence-electron chi connectivity index (χ1n) is 7.61. The summed E-state index contributed by atoms with van der Waals surface area (Å²) in [6.07, 6.45) is 2.58. The molecule has 21 heavy (non-hydrogen) atoms. The van der Waals surface area contributed by atoms with Gasteiger partial charge in [0.25, 0.3) is 10.0 Å². The molecule has 1 aliphatic rings. The van der Waals surface area contributed by atoms with Crippen molar-refractivity contribution in [2.75, 3.05) is 19.6 Å². The number of sulfonamides is 1. The Morgan fingerprint density at radius 3 is 2.71 bits per heavy atom. The standard InChI is InChI=1S/C15H25N3O2S/c1-4-16-9-13-5-6-15(17-10-13)21(19,20)18-8-7-14(11-18)12(2)3/h5-6,10,12,14,16H,4,7-9,11H2,1-3H3. The van der Waals surface area contributed by atoms with Gasteiger partial charge in [0, 0.05) is 25.8 Å². The van der Waals surface area contributed by atoms with Crippen LogP contribution in [-0.2, 0) is 16.6 Å². The summed E-state index contributed by atoms with van der Waals surface area (Å²) in [4.78, 5) is 4.15. The van der Waals surface area contributed by atoms with E-state index in [0.717, 1.165) is 18.5 Å². The Hall–Kier alpha value is -0.980. The van der Waals surface area contributed by atoms with Crippen molar-refractivity contribution >= 4 is 10.0 Å². The van der Waals surface area contributed by atoms with E-state index >= 15 is 0 Å². The van der Waals surface area contributed by atoms with Gasteiger partial charge in [-0.1, -0.05) is 26.8 Å². The molecular weight excluding hydrogens is 286 g/mol. The van der Waals surface area contributed by atoms with Crippen LogP contribution in [0.5, 0.6) is 0 Å². The van der Waals surface area contributed by atoms with Crippen LogP contribution in [-0.4, -0.2) is 37.3 Å². The van der Waals surface area contributed by atoms with E-state index in [9.17, 15) is 8.42 Å². The maximum Gasteiger partial charge on any atom is 0.260 e. The number of pyridine rings is 1. The summed E-state index contributed by atoms with van der Waals surface area (Å²) in [6, 6.07) is 3.45. The minimum absolute atomic E-state index is 0.159. The van der Waals surface area contributed by atoms with Crippen LogP contribution >= 0.6 is 0 Å².